The molecule has 0 saturated carbocycles. The number of anilines is 1. The molecule has 3 rings (SSSR count). The normalized spacial score (nSPS) is 16.1. The van der Waals surface area contributed by atoms with Crippen molar-refractivity contribution in [3.63, 3.8) is 0 Å². The largest absolute Gasteiger partial charge is 0.381 e. The first-order valence-corrected chi connectivity index (χ1v) is 7.65. The Labute approximate surface area is 147 Å². The molecule has 2 aromatic rings. The monoisotopic (exact) mass is 348 g/mol. The fraction of sp³-hybridized carbons (Fsp3) is 0.353. The predicted octanol–water partition coefficient (Wildman–Crippen LogP) is 2.32. The van der Waals surface area contributed by atoms with Crippen LogP contribution in [0.2, 0.25) is 0 Å². The number of carbonyl (C=O) groups excluding carboxylic acids is 1. The highest BCUT2D eigenvalue weighted by Gasteiger charge is 2.35. The molecule has 128 valence electrons. The van der Waals surface area contributed by atoms with Crippen LogP contribution in [0, 0.1) is 6.92 Å². The van der Waals surface area contributed by atoms with Crippen molar-refractivity contribution in [2.75, 3.05) is 18.5 Å². The van der Waals surface area contributed by atoms with Crippen molar-refractivity contribution in [3.8, 4) is 11.3 Å². The van der Waals surface area contributed by atoms with E-state index in [1.807, 2.05) is 37.3 Å². The van der Waals surface area contributed by atoms with Crippen molar-refractivity contribution in [3.05, 3.63) is 42.4 Å². The van der Waals surface area contributed by atoms with Crippen LogP contribution in [0.1, 0.15) is 18.7 Å². The number of aryl methyl sites for hydroxylation is 1. The van der Waals surface area contributed by atoms with Crippen LogP contribution in [-0.2, 0) is 9.53 Å². The van der Waals surface area contributed by atoms with Gasteiger partial charge in [0.25, 0.3) is 0 Å². The van der Waals surface area contributed by atoms with Gasteiger partial charge in [-0.05, 0) is 38.0 Å². The van der Waals surface area contributed by atoms with Crippen LogP contribution in [0.3, 0.4) is 0 Å². The van der Waals surface area contributed by atoms with E-state index < -0.39 is 5.54 Å². The molecule has 1 aliphatic rings. The molecule has 0 unspecified atom stereocenters. The van der Waals surface area contributed by atoms with Crippen LogP contribution < -0.4 is 11.1 Å². The summed E-state index contributed by atoms with van der Waals surface area (Å²) in [5.41, 5.74) is 7.80. The zero-order valence-electron chi connectivity index (χ0n) is 13.5. The van der Waals surface area contributed by atoms with Gasteiger partial charge < -0.3 is 15.8 Å². The van der Waals surface area contributed by atoms with E-state index in [0.29, 0.717) is 37.6 Å². The molecule has 7 heteroatoms. The molecular formula is C17H21ClN4O2. The molecule has 0 atom stereocenters. The smallest absolute Gasteiger partial charge is 0.244 e. The molecular weight excluding hydrogens is 328 g/mol. The summed E-state index contributed by atoms with van der Waals surface area (Å²) in [6.45, 7) is 2.88. The first-order valence-electron chi connectivity index (χ1n) is 7.65. The van der Waals surface area contributed by atoms with E-state index in [2.05, 4.69) is 15.3 Å². The van der Waals surface area contributed by atoms with E-state index >= 15 is 0 Å². The number of benzene rings is 1. The number of halogens is 1. The minimum absolute atomic E-state index is 0. The Morgan fingerprint density at radius 3 is 2.75 bits per heavy atom. The van der Waals surface area contributed by atoms with E-state index in [4.69, 9.17) is 10.5 Å². The SMILES string of the molecule is Cc1nccc(-c2cccc(NC(=O)C3(N)CCOCC3)c2)n1.Cl. The number of hydrogen-bond donors (Lipinski definition) is 2. The van der Waals surface area contributed by atoms with Gasteiger partial charge in [0.15, 0.2) is 0 Å². The molecule has 0 bridgehead atoms. The molecule has 1 aromatic carbocycles. The van der Waals surface area contributed by atoms with Gasteiger partial charge in [-0.1, -0.05) is 12.1 Å². The van der Waals surface area contributed by atoms with Crippen molar-refractivity contribution >= 4 is 24.0 Å². The third-order valence-corrected chi connectivity index (χ3v) is 4.03. The summed E-state index contributed by atoms with van der Waals surface area (Å²) >= 11 is 0. The average Bonchev–Trinajstić information content (AvgIpc) is 2.56. The molecule has 1 saturated heterocycles. The lowest BCUT2D eigenvalue weighted by molar-refractivity contribution is -0.124. The average molecular weight is 349 g/mol. The van der Waals surface area contributed by atoms with Crippen molar-refractivity contribution in [2.24, 2.45) is 5.73 Å². The van der Waals surface area contributed by atoms with Crippen LogP contribution in [0.15, 0.2) is 36.5 Å². The number of hydrogen-bond acceptors (Lipinski definition) is 5. The lowest BCUT2D eigenvalue weighted by Crippen LogP contribution is -2.54. The number of ether oxygens (including phenoxy) is 1. The van der Waals surface area contributed by atoms with Crippen LogP contribution >= 0.6 is 12.4 Å². The summed E-state index contributed by atoms with van der Waals surface area (Å²) in [7, 11) is 0. The van der Waals surface area contributed by atoms with Gasteiger partial charge in [-0.15, -0.1) is 12.4 Å². The molecule has 1 fully saturated rings. The molecule has 1 amide bonds. The minimum Gasteiger partial charge on any atom is -0.381 e. The van der Waals surface area contributed by atoms with Gasteiger partial charge in [0.1, 0.15) is 11.4 Å². The highest BCUT2D eigenvalue weighted by atomic mass is 35.5. The maximum Gasteiger partial charge on any atom is 0.244 e. The summed E-state index contributed by atoms with van der Waals surface area (Å²) in [5, 5.41) is 2.91. The number of amides is 1. The van der Waals surface area contributed by atoms with Crippen LogP contribution in [0.5, 0.6) is 0 Å². The number of nitrogens with one attached hydrogen (secondary N) is 1. The first kappa shape index (κ1) is 18.3. The predicted molar refractivity (Wildman–Crippen MR) is 95.1 cm³/mol. The van der Waals surface area contributed by atoms with E-state index in [-0.39, 0.29) is 18.3 Å². The summed E-state index contributed by atoms with van der Waals surface area (Å²) in [4.78, 5) is 21.0. The molecule has 0 radical (unpaired) electrons. The Bertz CT molecular complexity index is 717. The molecule has 1 aliphatic heterocycles. The van der Waals surface area contributed by atoms with Gasteiger partial charge in [0, 0.05) is 30.7 Å². The van der Waals surface area contributed by atoms with Gasteiger partial charge >= 0.3 is 0 Å². The third-order valence-electron chi connectivity index (χ3n) is 4.03. The fourth-order valence-electron chi connectivity index (χ4n) is 2.59. The number of nitrogens with two attached hydrogens (primary N) is 1. The Morgan fingerprint density at radius 2 is 2.04 bits per heavy atom. The second-order valence-electron chi connectivity index (χ2n) is 5.79. The second-order valence-corrected chi connectivity index (χ2v) is 5.79. The molecule has 6 nitrogen and oxygen atoms in total. The van der Waals surface area contributed by atoms with E-state index in [1.165, 1.54) is 0 Å². The second kappa shape index (κ2) is 7.70. The van der Waals surface area contributed by atoms with Gasteiger partial charge in [-0.2, -0.15) is 0 Å². The lowest BCUT2D eigenvalue weighted by Gasteiger charge is -2.31. The zero-order chi connectivity index (χ0) is 16.3. The van der Waals surface area contributed by atoms with E-state index in [0.717, 1.165) is 11.3 Å². The molecule has 0 spiro atoms. The molecule has 0 aliphatic carbocycles. The number of rotatable bonds is 3. The standard InChI is InChI=1S/C17H20N4O2.ClH/c1-12-19-8-5-15(20-12)13-3-2-4-14(11-13)21-16(22)17(18)6-9-23-10-7-17;/h2-5,8,11H,6-7,9-10,18H2,1H3,(H,21,22);1H. The van der Waals surface area contributed by atoms with Gasteiger partial charge in [0.2, 0.25) is 5.91 Å². The third kappa shape index (κ3) is 4.08. The zero-order valence-corrected chi connectivity index (χ0v) is 14.3. The number of aromatic nitrogens is 2. The quantitative estimate of drug-likeness (QED) is 0.888. The lowest BCUT2D eigenvalue weighted by atomic mass is 9.90. The molecule has 3 N–H and O–H groups in total. The highest BCUT2D eigenvalue weighted by molar-refractivity contribution is 5.98. The van der Waals surface area contributed by atoms with E-state index in [9.17, 15) is 4.79 Å². The van der Waals surface area contributed by atoms with Crippen molar-refractivity contribution in [2.45, 2.75) is 25.3 Å². The van der Waals surface area contributed by atoms with Crippen molar-refractivity contribution in [1.82, 2.24) is 9.97 Å². The van der Waals surface area contributed by atoms with E-state index in [1.54, 1.807) is 6.20 Å². The van der Waals surface area contributed by atoms with Crippen LogP contribution in [-0.4, -0.2) is 34.6 Å². The topological polar surface area (TPSA) is 90.1 Å². The summed E-state index contributed by atoms with van der Waals surface area (Å²) in [6.07, 6.45) is 2.78. The number of nitrogens with zero attached hydrogens (tertiary/aromatic N) is 2. The van der Waals surface area contributed by atoms with Crippen molar-refractivity contribution in [1.29, 1.82) is 0 Å². The summed E-state index contributed by atoms with van der Waals surface area (Å²) in [6, 6.07) is 9.41. The maximum absolute atomic E-state index is 12.5. The highest BCUT2D eigenvalue weighted by Crippen LogP contribution is 2.23. The summed E-state index contributed by atoms with van der Waals surface area (Å²) < 4.78 is 5.28. The molecule has 1 aromatic heterocycles. The maximum atomic E-state index is 12.5. The van der Waals surface area contributed by atoms with Crippen LogP contribution in [0.4, 0.5) is 5.69 Å². The van der Waals surface area contributed by atoms with Crippen LogP contribution in [0.25, 0.3) is 11.3 Å². The Kier molecular flexibility index (Phi) is 5.88. The van der Waals surface area contributed by atoms with Gasteiger partial charge in [-0.3, -0.25) is 4.79 Å². The Hall–Kier alpha value is -2.02. The van der Waals surface area contributed by atoms with Gasteiger partial charge in [-0.25, -0.2) is 9.97 Å². The van der Waals surface area contributed by atoms with Gasteiger partial charge in [0.05, 0.1) is 5.69 Å². The Balaban J connectivity index is 0.00000208. The van der Waals surface area contributed by atoms with Crippen molar-refractivity contribution < 1.29 is 9.53 Å². The minimum atomic E-state index is -0.861. The first-order chi connectivity index (χ1) is 11.1. The Morgan fingerprint density at radius 1 is 1.29 bits per heavy atom. The fourth-order valence-corrected chi connectivity index (χ4v) is 2.59. The molecule has 2 heterocycles. The summed E-state index contributed by atoms with van der Waals surface area (Å²) in [5.74, 6) is 0.539. The number of carbonyl (C=O) groups is 1. The molecule has 24 heavy (non-hydrogen) atoms.